The van der Waals surface area contributed by atoms with E-state index in [4.69, 9.17) is 33.2 Å². The Morgan fingerprint density at radius 1 is 0.484 bits per heavy atom. The van der Waals surface area contributed by atoms with Crippen molar-refractivity contribution < 1.29 is 52.3 Å². The average Bonchev–Trinajstić information content (AvgIpc) is 3.30. The summed E-state index contributed by atoms with van der Waals surface area (Å²) in [5.41, 5.74) is 0. The van der Waals surface area contributed by atoms with E-state index >= 15 is 0 Å². The first-order chi connectivity index (χ1) is 31.3. The van der Waals surface area contributed by atoms with Gasteiger partial charge in [0.25, 0.3) is 0 Å². The first-order valence-corrected chi connectivity index (χ1v) is 26.5. The van der Waals surface area contributed by atoms with Crippen molar-refractivity contribution in [1.29, 1.82) is 0 Å². The molecule has 12 nitrogen and oxygen atoms in total. The Kier molecular flexibility index (Phi) is 41.3. The summed E-state index contributed by atoms with van der Waals surface area (Å²) in [6, 6.07) is 0. The predicted molar refractivity (Wildman–Crippen MR) is 255 cm³/mol. The van der Waals surface area contributed by atoms with E-state index in [0.29, 0.717) is 39.1 Å². The predicted octanol–water partition coefficient (Wildman–Crippen LogP) is 12.8. The Morgan fingerprint density at radius 3 is 1.44 bits per heavy atom. The van der Waals surface area contributed by atoms with E-state index in [1.54, 1.807) is 0 Å². The molecule has 1 rings (SSSR count). The number of piperidine rings is 1. The fourth-order valence-electron chi connectivity index (χ4n) is 7.91. The Morgan fingerprint density at radius 2 is 0.922 bits per heavy atom. The molecule has 0 N–H and O–H groups in total. The van der Waals surface area contributed by atoms with E-state index in [1.807, 2.05) is 0 Å². The van der Waals surface area contributed by atoms with Crippen LogP contribution >= 0.6 is 0 Å². The summed E-state index contributed by atoms with van der Waals surface area (Å²) < 4.78 is 39.8. The average molecular weight is 912 g/mol. The number of hydrogen-bond acceptors (Lipinski definition) is 12. The maximum Gasteiger partial charge on any atom is 0.508 e. The number of nitrogens with zero attached hydrogens (tertiary/aromatic N) is 1. The van der Waals surface area contributed by atoms with Gasteiger partial charge in [0.2, 0.25) is 0 Å². The topological polar surface area (TPSA) is 136 Å². The van der Waals surface area contributed by atoms with Crippen LogP contribution in [0.4, 0.5) is 4.79 Å². The number of ether oxygens (including phenoxy) is 7. The van der Waals surface area contributed by atoms with Crippen molar-refractivity contribution in [1.82, 2.24) is 4.90 Å². The molecule has 1 aliphatic heterocycles. The molecule has 64 heavy (non-hydrogen) atoms. The Bertz CT molecular complexity index is 1090. The zero-order valence-corrected chi connectivity index (χ0v) is 41.7. The lowest BCUT2D eigenvalue weighted by Gasteiger charge is -2.31. The van der Waals surface area contributed by atoms with E-state index in [1.165, 1.54) is 89.9 Å². The molecule has 0 aromatic heterocycles. The number of unbranched alkanes of at least 4 members (excludes halogenated alkanes) is 21. The zero-order valence-electron chi connectivity index (χ0n) is 41.7. The molecule has 1 aliphatic rings. The van der Waals surface area contributed by atoms with Gasteiger partial charge in [-0.25, -0.2) is 4.79 Å². The van der Waals surface area contributed by atoms with Crippen molar-refractivity contribution in [2.75, 3.05) is 65.9 Å². The highest BCUT2D eigenvalue weighted by Gasteiger charge is 2.23. The van der Waals surface area contributed by atoms with Gasteiger partial charge in [-0.15, -0.1) is 0 Å². The maximum absolute atomic E-state index is 13.0. The summed E-state index contributed by atoms with van der Waals surface area (Å²) in [7, 11) is 0. The maximum atomic E-state index is 13.0. The Balaban J connectivity index is 2.51. The van der Waals surface area contributed by atoms with E-state index in [0.717, 1.165) is 96.7 Å². The monoisotopic (exact) mass is 912 g/mol. The van der Waals surface area contributed by atoms with Crippen LogP contribution in [0.1, 0.15) is 227 Å². The van der Waals surface area contributed by atoms with Gasteiger partial charge < -0.3 is 38.1 Å². The van der Waals surface area contributed by atoms with Gasteiger partial charge in [0.05, 0.1) is 25.6 Å². The molecule has 1 saturated heterocycles. The summed E-state index contributed by atoms with van der Waals surface area (Å²) in [4.78, 5) is 52.8. The van der Waals surface area contributed by atoms with Crippen LogP contribution in [-0.4, -0.2) is 101 Å². The molecule has 0 aromatic rings. The molecule has 12 heteroatoms. The summed E-state index contributed by atoms with van der Waals surface area (Å²) in [6.45, 7) is 13.5. The van der Waals surface area contributed by atoms with Crippen LogP contribution in [-0.2, 0) is 47.5 Å². The number of hydrogen-bond donors (Lipinski definition) is 0. The van der Waals surface area contributed by atoms with Gasteiger partial charge in [-0.1, -0.05) is 156 Å². The number of likely N-dealkylation sites (tertiary alicyclic amines) is 1. The number of carbonyl (C=O) groups is 4. The molecule has 1 fully saturated rings. The molecule has 0 bridgehead atoms. The second-order valence-corrected chi connectivity index (χ2v) is 18.2. The van der Waals surface area contributed by atoms with Gasteiger partial charge in [0, 0.05) is 44.9 Å². The number of esters is 3. The smallest absolute Gasteiger partial charge is 0.466 e. The van der Waals surface area contributed by atoms with Gasteiger partial charge in [0.1, 0.15) is 19.8 Å². The fourth-order valence-corrected chi connectivity index (χ4v) is 7.91. The van der Waals surface area contributed by atoms with Crippen molar-refractivity contribution in [2.24, 2.45) is 11.8 Å². The molecule has 0 saturated carbocycles. The van der Waals surface area contributed by atoms with Crippen LogP contribution in [0.5, 0.6) is 0 Å². The molecular formula is C52H97NO11. The minimum absolute atomic E-state index is 0.0556. The van der Waals surface area contributed by atoms with Crippen molar-refractivity contribution in [3.8, 4) is 0 Å². The van der Waals surface area contributed by atoms with Gasteiger partial charge in [0.15, 0.2) is 6.29 Å². The van der Waals surface area contributed by atoms with E-state index in [9.17, 15) is 19.2 Å². The van der Waals surface area contributed by atoms with E-state index < -0.39 is 24.3 Å². The third-order valence-corrected chi connectivity index (χ3v) is 12.1. The molecule has 0 radical (unpaired) electrons. The van der Waals surface area contributed by atoms with Crippen LogP contribution < -0.4 is 0 Å². The second-order valence-electron chi connectivity index (χ2n) is 18.2. The third kappa shape index (κ3) is 37.7. The molecule has 1 heterocycles. The van der Waals surface area contributed by atoms with Crippen molar-refractivity contribution in [3.05, 3.63) is 0 Å². The third-order valence-electron chi connectivity index (χ3n) is 12.1. The lowest BCUT2D eigenvalue weighted by molar-refractivity contribution is -0.161. The lowest BCUT2D eigenvalue weighted by Crippen LogP contribution is -2.37. The van der Waals surface area contributed by atoms with Crippen molar-refractivity contribution >= 4 is 24.1 Å². The molecule has 376 valence electrons. The molecular weight excluding hydrogens is 815 g/mol. The normalized spacial score (nSPS) is 14.7. The summed E-state index contributed by atoms with van der Waals surface area (Å²) in [5, 5.41) is 0. The zero-order chi connectivity index (χ0) is 46.6. The lowest BCUT2D eigenvalue weighted by atomic mass is 9.99. The first kappa shape index (κ1) is 59.6. The first-order valence-electron chi connectivity index (χ1n) is 26.5. The van der Waals surface area contributed by atoms with Gasteiger partial charge in [-0.3, -0.25) is 14.4 Å². The molecule has 2 atom stereocenters. The van der Waals surface area contributed by atoms with Crippen LogP contribution in [0.2, 0.25) is 0 Å². The highest BCUT2D eigenvalue weighted by molar-refractivity contribution is 5.70. The SMILES string of the molecule is CCCCCCCCCCOC(=O)CCCCCCCC(=O)OCC(COC(=O)CCC(OCCCCCCCC)OCCCCCCCC)COC(=O)OCC1CCCN(CC)C1. The van der Waals surface area contributed by atoms with Crippen LogP contribution in [0, 0.1) is 11.8 Å². The van der Waals surface area contributed by atoms with E-state index in [2.05, 4.69) is 32.6 Å². The molecule has 0 amide bonds. The highest BCUT2D eigenvalue weighted by Crippen LogP contribution is 2.18. The molecule has 2 unspecified atom stereocenters. The Labute approximate surface area is 391 Å². The van der Waals surface area contributed by atoms with Crippen LogP contribution in [0.15, 0.2) is 0 Å². The minimum Gasteiger partial charge on any atom is -0.466 e. The summed E-state index contributed by atoms with van der Waals surface area (Å²) in [5.74, 6) is -1.18. The second kappa shape index (κ2) is 44.4. The molecule has 0 aliphatic carbocycles. The molecule has 0 spiro atoms. The van der Waals surface area contributed by atoms with E-state index in [-0.39, 0.29) is 57.1 Å². The number of rotatable bonds is 45. The molecule has 0 aromatic carbocycles. The summed E-state index contributed by atoms with van der Waals surface area (Å²) in [6.07, 6.45) is 29.8. The largest absolute Gasteiger partial charge is 0.508 e. The van der Waals surface area contributed by atoms with Gasteiger partial charge >= 0.3 is 24.1 Å². The minimum atomic E-state index is -0.777. The standard InChI is InChI=1S/C52H97NO11/c1-5-9-12-15-18-19-25-28-38-58-48(54)33-26-21-20-22-27-34-49(55)61-43-47(45-64-52(57)63-42-46-32-31-37-53(8-4)41-46)44-62-50(56)35-36-51(59-39-29-23-16-13-10-6-2)60-40-30-24-17-14-11-7-3/h46-47,51H,5-45H2,1-4H3. The van der Waals surface area contributed by atoms with Gasteiger partial charge in [-0.05, 0) is 58.0 Å². The van der Waals surface area contributed by atoms with Crippen molar-refractivity contribution in [3.63, 3.8) is 0 Å². The van der Waals surface area contributed by atoms with Gasteiger partial charge in [-0.2, -0.15) is 0 Å². The van der Waals surface area contributed by atoms with Crippen molar-refractivity contribution in [2.45, 2.75) is 233 Å². The van der Waals surface area contributed by atoms with Crippen LogP contribution in [0.3, 0.4) is 0 Å². The fraction of sp³-hybridized carbons (Fsp3) is 0.923. The van der Waals surface area contributed by atoms with Crippen LogP contribution in [0.25, 0.3) is 0 Å². The summed E-state index contributed by atoms with van der Waals surface area (Å²) >= 11 is 0. The number of carbonyl (C=O) groups excluding carboxylic acids is 4. The Hall–Kier alpha value is -2.44. The quantitative estimate of drug-likeness (QED) is 0.0249. The highest BCUT2D eigenvalue weighted by atomic mass is 16.7.